The van der Waals surface area contributed by atoms with Crippen molar-refractivity contribution in [3.05, 3.63) is 35.9 Å². The molecule has 0 bridgehead atoms. The summed E-state index contributed by atoms with van der Waals surface area (Å²) in [5.41, 5.74) is 1.62. The number of carbonyl (C=O) groups is 1. The molecule has 0 atom stereocenters. The van der Waals surface area contributed by atoms with Crippen LogP contribution in [0.15, 0.2) is 30.2 Å². The normalized spacial score (nSPS) is 15.4. The molecule has 1 aromatic rings. The highest BCUT2D eigenvalue weighted by atomic mass is 16.1. The lowest BCUT2D eigenvalue weighted by molar-refractivity contribution is 0.0951. The number of rotatable bonds is 3. The molecule has 5 heteroatoms. The number of hydrogen-bond donors (Lipinski definition) is 2. The van der Waals surface area contributed by atoms with Gasteiger partial charge in [0.05, 0.1) is 6.20 Å². The van der Waals surface area contributed by atoms with E-state index in [9.17, 15) is 4.79 Å². The first kappa shape index (κ1) is 10.8. The van der Waals surface area contributed by atoms with E-state index in [2.05, 4.69) is 26.7 Å². The van der Waals surface area contributed by atoms with Crippen molar-refractivity contribution in [2.24, 2.45) is 0 Å². The Kier molecular flexibility index (Phi) is 3.61. The van der Waals surface area contributed by atoms with E-state index in [1.54, 1.807) is 6.20 Å². The average molecular weight is 218 g/mol. The molecule has 0 aromatic carbocycles. The van der Waals surface area contributed by atoms with Crippen LogP contribution in [0.5, 0.6) is 0 Å². The lowest BCUT2D eigenvalue weighted by atomic mass is 10.1. The molecule has 2 N–H and O–H groups in total. The Morgan fingerprint density at radius 1 is 1.50 bits per heavy atom. The van der Waals surface area contributed by atoms with Gasteiger partial charge < -0.3 is 10.6 Å². The van der Waals surface area contributed by atoms with Crippen molar-refractivity contribution in [1.29, 1.82) is 0 Å². The fourth-order valence-electron chi connectivity index (χ4n) is 1.53. The second-order valence-corrected chi connectivity index (χ2v) is 3.59. The number of carbonyl (C=O) groups excluding carboxylic acids is 1. The van der Waals surface area contributed by atoms with E-state index >= 15 is 0 Å². The van der Waals surface area contributed by atoms with E-state index in [-0.39, 0.29) is 5.91 Å². The van der Waals surface area contributed by atoms with E-state index in [1.807, 2.05) is 0 Å². The molecule has 0 aliphatic carbocycles. The zero-order valence-corrected chi connectivity index (χ0v) is 8.94. The summed E-state index contributed by atoms with van der Waals surface area (Å²) in [6.45, 7) is 2.46. The Morgan fingerprint density at radius 3 is 3.12 bits per heavy atom. The van der Waals surface area contributed by atoms with Gasteiger partial charge >= 0.3 is 0 Å². The van der Waals surface area contributed by atoms with Crippen molar-refractivity contribution in [3.63, 3.8) is 0 Å². The summed E-state index contributed by atoms with van der Waals surface area (Å²) in [7, 11) is 0. The summed E-state index contributed by atoms with van der Waals surface area (Å²) in [6.07, 6.45) is 7.62. The Morgan fingerprint density at radius 2 is 2.44 bits per heavy atom. The van der Waals surface area contributed by atoms with Gasteiger partial charge in [0, 0.05) is 25.5 Å². The highest BCUT2D eigenvalue weighted by Gasteiger charge is 2.08. The van der Waals surface area contributed by atoms with Crippen LogP contribution in [0.2, 0.25) is 0 Å². The lowest BCUT2D eigenvalue weighted by Gasteiger charge is -2.14. The largest absolute Gasteiger partial charge is 0.347 e. The molecule has 1 amide bonds. The average Bonchev–Trinajstić information content (AvgIpc) is 2.38. The van der Waals surface area contributed by atoms with Crippen LogP contribution in [0, 0.1) is 0 Å². The summed E-state index contributed by atoms with van der Waals surface area (Å²) >= 11 is 0. The maximum atomic E-state index is 11.6. The minimum Gasteiger partial charge on any atom is -0.347 e. The zero-order chi connectivity index (χ0) is 11.2. The first-order valence-electron chi connectivity index (χ1n) is 5.29. The van der Waals surface area contributed by atoms with Gasteiger partial charge in [0.15, 0.2) is 0 Å². The second-order valence-electron chi connectivity index (χ2n) is 3.59. The van der Waals surface area contributed by atoms with Gasteiger partial charge in [-0.25, -0.2) is 4.98 Å². The van der Waals surface area contributed by atoms with Crippen molar-refractivity contribution >= 4 is 5.91 Å². The smallest absolute Gasteiger partial charge is 0.271 e. The number of nitrogens with one attached hydrogen (secondary N) is 2. The molecule has 0 radical (unpaired) electrons. The lowest BCUT2D eigenvalue weighted by Crippen LogP contribution is -2.30. The predicted molar refractivity (Wildman–Crippen MR) is 59.9 cm³/mol. The summed E-state index contributed by atoms with van der Waals surface area (Å²) in [5.74, 6) is -0.174. The van der Waals surface area contributed by atoms with Crippen molar-refractivity contribution in [1.82, 2.24) is 20.6 Å². The van der Waals surface area contributed by atoms with Gasteiger partial charge in [-0.15, -0.1) is 0 Å². The standard InChI is InChI=1S/C11H14N4O/c16-11(10-8-13-5-6-14-10)15-7-9-1-3-12-4-2-9/h1,5-6,8,12H,2-4,7H2,(H,15,16). The van der Waals surface area contributed by atoms with Gasteiger partial charge in [-0.3, -0.25) is 9.78 Å². The maximum Gasteiger partial charge on any atom is 0.271 e. The van der Waals surface area contributed by atoms with Gasteiger partial charge in [0.25, 0.3) is 5.91 Å². The molecule has 1 aliphatic rings. The minimum absolute atomic E-state index is 0.174. The van der Waals surface area contributed by atoms with Gasteiger partial charge in [-0.05, 0) is 13.0 Å². The Labute approximate surface area is 94.0 Å². The molecule has 5 nitrogen and oxygen atoms in total. The zero-order valence-electron chi connectivity index (χ0n) is 8.94. The monoisotopic (exact) mass is 218 g/mol. The van der Waals surface area contributed by atoms with Crippen molar-refractivity contribution < 1.29 is 4.79 Å². The van der Waals surface area contributed by atoms with Crippen molar-refractivity contribution in [2.75, 3.05) is 19.6 Å². The SMILES string of the molecule is O=C(NCC1=CCNCC1)c1cnccn1. The molecule has 0 spiro atoms. The minimum atomic E-state index is -0.174. The fourth-order valence-corrected chi connectivity index (χ4v) is 1.53. The fraction of sp³-hybridized carbons (Fsp3) is 0.364. The van der Waals surface area contributed by atoms with Gasteiger partial charge in [-0.1, -0.05) is 11.6 Å². The van der Waals surface area contributed by atoms with Crippen LogP contribution in [0.4, 0.5) is 0 Å². The summed E-state index contributed by atoms with van der Waals surface area (Å²) in [5, 5.41) is 6.05. The van der Waals surface area contributed by atoms with Crippen LogP contribution in [-0.4, -0.2) is 35.5 Å². The molecule has 0 fully saturated rings. The predicted octanol–water partition coefficient (Wildman–Crippen LogP) is 0.126. The Balaban J connectivity index is 1.86. The maximum absolute atomic E-state index is 11.6. The van der Waals surface area contributed by atoms with Crippen LogP contribution in [0.25, 0.3) is 0 Å². The Bertz CT molecular complexity index is 388. The molecule has 2 heterocycles. The molecular weight excluding hydrogens is 204 g/mol. The molecule has 1 aliphatic heterocycles. The van der Waals surface area contributed by atoms with E-state index < -0.39 is 0 Å². The van der Waals surface area contributed by atoms with Crippen LogP contribution < -0.4 is 10.6 Å². The summed E-state index contributed by atoms with van der Waals surface area (Å²) < 4.78 is 0. The van der Waals surface area contributed by atoms with Gasteiger partial charge in [-0.2, -0.15) is 0 Å². The van der Waals surface area contributed by atoms with Crippen LogP contribution in [0.1, 0.15) is 16.9 Å². The van der Waals surface area contributed by atoms with Gasteiger partial charge in [0.2, 0.25) is 0 Å². The highest BCUT2D eigenvalue weighted by molar-refractivity contribution is 5.91. The third-order valence-corrected chi connectivity index (χ3v) is 2.43. The third kappa shape index (κ3) is 2.87. The number of amides is 1. The molecule has 16 heavy (non-hydrogen) atoms. The number of aromatic nitrogens is 2. The van der Waals surface area contributed by atoms with E-state index in [0.717, 1.165) is 19.5 Å². The summed E-state index contributed by atoms with van der Waals surface area (Å²) in [6, 6.07) is 0. The Hall–Kier alpha value is -1.75. The molecule has 0 saturated heterocycles. The van der Waals surface area contributed by atoms with E-state index in [0.29, 0.717) is 12.2 Å². The third-order valence-electron chi connectivity index (χ3n) is 2.43. The molecular formula is C11H14N4O. The first-order chi connectivity index (χ1) is 7.86. The van der Waals surface area contributed by atoms with Gasteiger partial charge in [0.1, 0.15) is 5.69 Å². The molecule has 0 saturated carbocycles. The highest BCUT2D eigenvalue weighted by Crippen LogP contribution is 2.02. The molecule has 1 aromatic heterocycles. The quantitative estimate of drug-likeness (QED) is 0.707. The van der Waals surface area contributed by atoms with Crippen LogP contribution >= 0.6 is 0 Å². The molecule has 0 unspecified atom stereocenters. The summed E-state index contributed by atoms with van der Waals surface area (Å²) in [4.78, 5) is 19.4. The molecule has 2 rings (SSSR count). The van der Waals surface area contributed by atoms with Crippen molar-refractivity contribution in [2.45, 2.75) is 6.42 Å². The van der Waals surface area contributed by atoms with E-state index in [4.69, 9.17) is 0 Å². The van der Waals surface area contributed by atoms with Crippen LogP contribution in [0.3, 0.4) is 0 Å². The second kappa shape index (κ2) is 5.37. The first-order valence-corrected chi connectivity index (χ1v) is 5.29. The van der Waals surface area contributed by atoms with Crippen molar-refractivity contribution in [3.8, 4) is 0 Å². The molecule has 84 valence electrons. The number of nitrogens with zero attached hydrogens (tertiary/aromatic N) is 2. The number of hydrogen-bond acceptors (Lipinski definition) is 4. The topological polar surface area (TPSA) is 66.9 Å². The van der Waals surface area contributed by atoms with Crippen LogP contribution in [-0.2, 0) is 0 Å². The van der Waals surface area contributed by atoms with E-state index in [1.165, 1.54) is 18.0 Å².